The minimum Gasteiger partial charge on any atom is -0.391 e. The number of rotatable bonds is 1. The first-order valence-corrected chi connectivity index (χ1v) is 4.87. The molecule has 6 heteroatoms. The summed E-state index contributed by atoms with van der Waals surface area (Å²) >= 11 is 0. The fourth-order valence-electron chi connectivity index (χ4n) is 2.10. The van der Waals surface area contributed by atoms with Gasteiger partial charge in [0, 0.05) is 7.05 Å². The minimum absolute atomic E-state index is 0.529. The molecule has 1 saturated heterocycles. The van der Waals surface area contributed by atoms with Crippen LogP contribution < -0.4 is 0 Å². The number of carbonyl (C=O) groups excluding carboxylic acids is 3. The van der Waals surface area contributed by atoms with Crippen molar-refractivity contribution in [2.45, 2.75) is 31.4 Å². The number of urea groups is 1. The molecule has 1 saturated carbocycles. The molecule has 15 heavy (non-hydrogen) atoms. The molecule has 2 fully saturated rings. The van der Waals surface area contributed by atoms with Crippen molar-refractivity contribution in [2.24, 2.45) is 0 Å². The van der Waals surface area contributed by atoms with E-state index in [4.69, 9.17) is 0 Å². The van der Waals surface area contributed by atoms with Crippen LogP contribution in [0, 0.1) is 0 Å². The van der Waals surface area contributed by atoms with E-state index in [0.717, 1.165) is 16.2 Å². The molecule has 4 amide bonds. The zero-order valence-electron chi connectivity index (χ0n) is 8.34. The molecule has 0 radical (unpaired) electrons. The zero-order valence-corrected chi connectivity index (χ0v) is 8.34. The van der Waals surface area contributed by atoms with Crippen LogP contribution in [0.2, 0.25) is 0 Å². The average Bonchev–Trinajstić information content (AvgIpc) is 2.68. The molecule has 0 spiro atoms. The van der Waals surface area contributed by atoms with E-state index in [1.807, 2.05) is 0 Å². The number of imide groups is 2. The van der Waals surface area contributed by atoms with Crippen molar-refractivity contribution in [1.82, 2.24) is 9.80 Å². The quantitative estimate of drug-likeness (QED) is 0.461. The van der Waals surface area contributed by atoms with Crippen LogP contribution in [0.4, 0.5) is 4.79 Å². The molecule has 2 rings (SSSR count). The minimum atomic E-state index is -0.826. The maximum atomic E-state index is 11.6. The Hall–Kier alpha value is -1.43. The number of amides is 4. The van der Waals surface area contributed by atoms with Gasteiger partial charge in [-0.05, 0) is 19.3 Å². The fourth-order valence-corrected chi connectivity index (χ4v) is 2.10. The standard InChI is InChI=1S/C9H12N2O4/c1-10-7(13)8(14)11(9(10)15)5-3-2-4-6(5)12/h5-6,12H,2-4H2,1H3/t5-,6-/m0/s1. The van der Waals surface area contributed by atoms with Gasteiger partial charge in [0.1, 0.15) is 0 Å². The average molecular weight is 212 g/mol. The Labute approximate surface area is 86.4 Å². The van der Waals surface area contributed by atoms with Crippen molar-refractivity contribution in [2.75, 3.05) is 7.05 Å². The summed E-state index contributed by atoms with van der Waals surface area (Å²) in [5.41, 5.74) is 0. The number of hydrogen-bond acceptors (Lipinski definition) is 4. The highest BCUT2D eigenvalue weighted by molar-refractivity contribution is 6.44. The summed E-state index contributed by atoms with van der Waals surface area (Å²) < 4.78 is 0. The van der Waals surface area contributed by atoms with E-state index >= 15 is 0 Å². The van der Waals surface area contributed by atoms with Crippen LogP contribution >= 0.6 is 0 Å². The van der Waals surface area contributed by atoms with Gasteiger partial charge in [0.25, 0.3) is 0 Å². The number of nitrogens with zero attached hydrogens (tertiary/aromatic N) is 2. The first-order chi connectivity index (χ1) is 7.04. The van der Waals surface area contributed by atoms with E-state index in [0.29, 0.717) is 12.8 Å². The molecule has 82 valence electrons. The van der Waals surface area contributed by atoms with Crippen molar-refractivity contribution in [3.63, 3.8) is 0 Å². The summed E-state index contributed by atoms with van der Waals surface area (Å²) in [7, 11) is 1.27. The van der Waals surface area contributed by atoms with Gasteiger partial charge in [0.15, 0.2) is 0 Å². The third-order valence-corrected chi connectivity index (χ3v) is 2.97. The van der Waals surface area contributed by atoms with Crippen LogP contribution in [0.1, 0.15) is 19.3 Å². The second kappa shape index (κ2) is 3.30. The number of likely N-dealkylation sites (N-methyl/N-ethyl adjacent to an activating group) is 1. The Morgan fingerprint density at radius 2 is 1.87 bits per heavy atom. The topological polar surface area (TPSA) is 77.9 Å². The monoisotopic (exact) mass is 212 g/mol. The molecule has 6 nitrogen and oxygen atoms in total. The highest BCUT2D eigenvalue weighted by Gasteiger charge is 2.48. The first kappa shape index (κ1) is 10.1. The molecule has 0 aromatic carbocycles. The molecule has 0 unspecified atom stereocenters. The second-order valence-electron chi connectivity index (χ2n) is 3.89. The fraction of sp³-hybridized carbons (Fsp3) is 0.667. The van der Waals surface area contributed by atoms with E-state index in [-0.39, 0.29) is 0 Å². The third kappa shape index (κ3) is 1.32. The molecule has 1 aliphatic carbocycles. The molecule has 0 aromatic rings. The smallest absolute Gasteiger partial charge is 0.334 e. The zero-order chi connectivity index (χ0) is 11.2. The lowest BCUT2D eigenvalue weighted by Gasteiger charge is -2.23. The Kier molecular flexibility index (Phi) is 2.22. The summed E-state index contributed by atoms with van der Waals surface area (Å²) in [5, 5.41) is 9.58. The third-order valence-electron chi connectivity index (χ3n) is 2.97. The highest BCUT2D eigenvalue weighted by Crippen LogP contribution is 2.27. The lowest BCUT2D eigenvalue weighted by molar-refractivity contribution is -0.144. The number of aliphatic hydroxyl groups excluding tert-OH is 1. The predicted octanol–water partition coefficient (Wildman–Crippen LogP) is -0.680. The molecule has 2 aliphatic rings. The Balaban J connectivity index is 2.26. The van der Waals surface area contributed by atoms with Gasteiger partial charge in [-0.25, -0.2) is 9.69 Å². The molecule has 2 atom stereocenters. The van der Waals surface area contributed by atoms with E-state index in [1.165, 1.54) is 7.05 Å². The van der Waals surface area contributed by atoms with Crippen LogP contribution in [0.15, 0.2) is 0 Å². The van der Waals surface area contributed by atoms with Crippen LogP contribution in [0.3, 0.4) is 0 Å². The lowest BCUT2D eigenvalue weighted by Crippen LogP contribution is -2.44. The number of aliphatic hydroxyl groups is 1. The Morgan fingerprint density at radius 3 is 2.27 bits per heavy atom. The van der Waals surface area contributed by atoms with Crippen LogP contribution in [-0.2, 0) is 9.59 Å². The number of hydrogen-bond donors (Lipinski definition) is 1. The Morgan fingerprint density at radius 1 is 1.20 bits per heavy atom. The van der Waals surface area contributed by atoms with Gasteiger partial charge in [0.2, 0.25) is 0 Å². The first-order valence-electron chi connectivity index (χ1n) is 4.87. The highest BCUT2D eigenvalue weighted by atomic mass is 16.3. The molecular weight excluding hydrogens is 200 g/mol. The summed E-state index contributed by atoms with van der Waals surface area (Å²) in [6, 6.07) is -1.16. The summed E-state index contributed by atoms with van der Waals surface area (Å²) in [6.07, 6.45) is 1.21. The van der Waals surface area contributed by atoms with Crippen LogP contribution in [0.5, 0.6) is 0 Å². The van der Waals surface area contributed by atoms with E-state index in [9.17, 15) is 19.5 Å². The summed E-state index contributed by atoms with van der Waals surface area (Å²) in [4.78, 5) is 35.9. The van der Waals surface area contributed by atoms with Crippen molar-refractivity contribution in [3.8, 4) is 0 Å². The second-order valence-corrected chi connectivity index (χ2v) is 3.89. The summed E-state index contributed by atoms with van der Waals surface area (Å²) in [5.74, 6) is -1.65. The molecule has 0 aromatic heterocycles. The van der Waals surface area contributed by atoms with E-state index in [1.54, 1.807) is 0 Å². The van der Waals surface area contributed by atoms with Crippen molar-refractivity contribution in [3.05, 3.63) is 0 Å². The molecule has 1 aliphatic heterocycles. The molecule has 1 heterocycles. The SMILES string of the molecule is CN1C(=O)C(=O)N([C@H]2CCC[C@@H]2O)C1=O. The van der Waals surface area contributed by atoms with Crippen molar-refractivity contribution >= 4 is 17.8 Å². The van der Waals surface area contributed by atoms with Crippen molar-refractivity contribution in [1.29, 1.82) is 0 Å². The normalized spacial score (nSPS) is 32.0. The van der Waals surface area contributed by atoms with Gasteiger partial charge < -0.3 is 5.11 Å². The molecule has 1 N–H and O–H groups in total. The maximum absolute atomic E-state index is 11.6. The number of carbonyl (C=O) groups is 3. The van der Waals surface area contributed by atoms with Gasteiger partial charge >= 0.3 is 17.8 Å². The van der Waals surface area contributed by atoms with Crippen LogP contribution in [-0.4, -0.2) is 51.9 Å². The van der Waals surface area contributed by atoms with Crippen molar-refractivity contribution < 1.29 is 19.5 Å². The van der Waals surface area contributed by atoms with E-state index < -0.39 is 30.0 Å². The van der Waals surface area contributed by atoms with Gasteiger partial charge in [-0.1, -0.05) is 0 Å². The maximum Gasteiger partial charge on any atom is 0.334 e. The van der Waals surface area contributed by atoms with Gasteiger partial charge in [-0.15, -0.1) is 0 Å². The summed E-state index contributed by atoms with van der Waals surface area (Å²) in [6.45, 7) is 0. The van der Waals surface area contributed by atoms with Crippen LogP contribution in [0.25, 0.3) is 0 Å². The van der Waals surface area contributed by atoms with Gasteiger partial charge in [-0.2, -0.15) is 0 Å². The van der Waals surface area contributed by atoms with Gasteiger partial charge in [0.05, 0.1) is 12.1 Å². The Bertz CT molecular complexity index is 341. The largest absolute Gasteiger partial charge is 0.391 e. The lowest BCUT2D eigenvalue weighted by atomic mass is 10.2. The molecular formula is C9H12N2O4. The molecule has 0 bridgehead atoms. The predicted molar refractivity (Wildman–Crippen MR) is 48.7 cm³/mol. The van der Waals surface area contributed by atoms with Gasteiger partial charge in [-0.3, -0.25) is 14.5 Å². The van der Waals surface area contributed by atoms with E-state index in [2.05, 4.69) is 0 Å².